The standard InChI is InChI=1S/C6H11ClN2O/c1-2-3-5-8-6(4-7)10-9-5/h6H,2-4H2,1H3,(H,8,9). The molecule has 0 bridgehead atoms. The van der Waals surface area contributed by atoms with Gasteiger partial charge in [-0.1, -0.05) is 6.92 Å². The van der Waals surface area contributed by atoms with Crippen LogP contribution in [0.15, 0.2) is 4.99 Å². The Hall–Kier alpha value is -0.280. The van der Waals surface area contributed by atoms with E-state index >= 15 is 0 Å². The van der Waals surface area contributed by atoms with Gasteiger partial charge in [0.1, 0.15) is 5.84 Å². The molecule has 1 N–H and O–H groups in total. The first kappa shape index (κ1) is 7.82. The molecular formula is C6H11ClN2O. The molecule has 0 aromatic carbocycles. The Morgan fingerprint density at radius 3 is 3.10 bits per heavy atom. The topological polar surface area (TPSA) is 33.6 Å². The van der Waals surface area contributed by atoms with Crippen LogP contribution in [0.5, 0.6) is 0 Å². The number of hydrogen-bond acceptors (Lipinski definition) is 3. The van der Waals surface area contributed by atoms with E-state index in [4.69, 9.17) is 16.4 Å². The first-order valence-electron chi connectivity index (χ1n) is 3.41. The first-order valence-corrected chi connectivity index (χ1v) is 3.94. The zero-order chi connectivity index (χ0) is 7.40. The fourth-order valence-electron chi connectivity index (χ4n) is 0.781. The molecule has 1 aliphatic heterocycles. The number of nitrogens with one attached hydrogen (secondary N) is 1. The zero-order valence-electron chi connectivity index (χ0n) is 5.93. The number of nitrogens with zero attached hydrogens (tertiary/aromatic N) is 1. The molecule has 0 aromatic rings. The van der Waals surface area contributed by atoms with Crippen LogP contribution in [0.4, 0.5) is 0 Å². The van der Waals surface area contributed by atoms with Crippen molar-refractivity contribution in [2.75, 3.05) is 5.88 Å². The van der Waals surface area contributed by atoms with Crippen LogP contribution < -0.4 is 5.48 Å². The molecule has 1 aliphatic rings. The fourth-order valence-corrected chi connectivity index (χ4v) is 0.913. The lowest BCUT2D eigenvalue weighted by molar-refractivity contribution is 0.0518. The maximum absolute atomic E-state index is 5.50. The summed E-state index contributed by atoms with van der Waals surface area (Å²) in [5, 5.41) is 0. The highest BCUT2D eigenvalue weighted by Gasteiger charge is 2.14. The van der Waals surface area contributed by atoms with Gasteiger partial charge in [0.15, 0.2) is 6.23 Å². The van der Waals surface area contributed by atoms with Crippen LogP contribution in [-0.4, -0.2) is 17.9 Å². The molecule has 0 saturated heterocycles. The molecule has 0 aromatic heterocycles. The van der Waals surface area contributed by atoms with Gasteiger partial charge in [0.25, 0.3) is 0 Å². The van der Waals surface area contributed by atoms with Crippen molar-refractivity contribution in [2.45, 2.75) is 26.0 Å². The quantitative estimate of drug-likeness (QED) is 0.635. The number of hydrogen-bond donors (Lipinski definition) is 1. The molecule has 1 rings (SSSR count). The Morgan fingerprint density at radius 1 is 1.80 bits per heavy atom. The molecule has 0 aliphatic carbocycles. The van der Waals surface area contributed by atoms with E-state index in [9.17, 15) is 0 Å². The van der Waals surface area contributed by atoms with Crippen molar-refractivity contribution < 1.29 is 4.84 Å². The predicted molar refractivity (Wildman–Crippen MR) is 41.1 cm³/mol. The van der Waals surface area contributed by atoms with Gasteiger partial charge in [0.05, 0.1) is 5.88 Å². The fraction of sp³-hybridized carbons (Fsp3) is 0.833. The Labute approximate surface area is 65.4 Å². The number of aliphatic imine (C=N–C) groups is 1. The summed E-state index contributed by atoms with van der Waals surface area (Å²) in [5.41, 5.74) is 2.72. The van der Waals surface area contributed by atoms with Crippen LogP contribution >= 0.6 is 11.6 Å². The minimum absolute atomic E-state index is 0.178. The van der Waals surface area contributed by atoms with Crippen LogP contribution in [-0.2, 0) is 4.84 Å². The third-order valence-corrected chi connectivity index (χ3v) is 1.50. The molecule has 4 heteroatoms. The number of rotatable bonds is 3. The van der Waals surface area contributed by atoms with Crippen LogP contribution in [0.3, 0.4) is 0 Å². The highest BCUT2D eigenvalue weighted by Crippen LogP contribution is 2.04. The van der Waals surface area contributed by atoms with Crippen molar-refractivity contribution in [3.8, 4) is 0 Å². The van der Waals surface area contributed by atoms with E-state index in [1.807, 2.05) is 0 Å². The maximum Gasteiger partial charge on any atom is 0.190 e. The predicted octanol–water partition coefficient (Wildman–Crippen LogP) is 1.28. The van der Waals surface area contributed by atoms with Crippen molar-refractivity contribution in [2.24, 2.45) is 4.99 Å². The average molecular weight is 163 g/mol. The molecule has 0 amide bonds. The lowest BCUT2D eigenvalue weighted by Crippen LogP contribution is -2.18. The SMILES string of the molecule is CCCC1=NC(CCl)ON1. The van der Waals surface area contributed by atoms with Gasteiger partial charge in [-0.05, 0) is 6.42 Å². The van der Waals surface area contributed by atoms with Crippen LogP contribution in [0.2, 0.25) is 0 Å². The van der Waals surface area contributed by atoms with E-state index in [-0.39, 0.29) is 6.23 Å². The van der Waals surface area contributed by atoms with E-state index in [1.54, 1.807) is 0 Å². The zero-order valence-corrected chi connectivity index (χ0v) is 6.69. The van der Waals surface area contributed by atoms with Crippen molar-refractivity contribution in [1.29, 1.82) is 0 Å². The number of hydroxylamine groups is 1. The highest BCUT2D eigenvalue weighted by atomic mass is 35.5. The molecule has 1 unspecified atom stereocenters. The largest absolute Gasteiger partial charge is 0.251 e. The summed E-state index contributed by atoms with van der Waals surface area (Å²) in [4.78, 5) is 9.13. The van der Waals surface area contributed by atoms with Gasteiger partial charge < -0.3 is 0 Å². The molecule has 0 saturated carbocycles. The second kappa shape index (κ2) is 3.78. The molecule has 58 valence electrons. The molecule has 1 heterocycles. The van der Waals surface area contributed by atoms with Gasteiger partial charge in [-0.2, -0.15) is 0 Å². The molecule has 1 atom stereocenters. The Kier molecular flexibility index (Phi) is 2.96. The molecule has 0 spiro atoms. The lowest BCUT2D eigenvalue weighted by Gasteiger charge is -1.98. The van der Waals surface area contributed by atoms with Gasteiger partial charge in [0, 0.05) is 6.42 Å². The van der Waals surface area contributed by atoms with Crippen molar-refractivity contribution in [1.82, 2.24) is 5.48 Å². The summed E-state index contributed by atoms with van der Waals surface area (Å²) in [6.07, 6.45) is 1.83. The average Bonchev–Trinajstić information content (AvgIpc) is 2.37. The highest BCUT2D eigenvalue weighted by molar-refractivity contribution is 6.18. The van der Waals surface area contributed by atoms with Gasteiger partial charge in [-0.3, -0.25) is 5.48 Å². The summed E-state index contributed by atoms with van der Waals surface area (Å²) < 4.78 is 0. The Balaban J connectivity index is 2.33. The monoisotopic (exact) mass is 162 g/mol. The smallest absolute Gasteiger partial charge is 0.190 e. The van der Waals surface area contributed by atoms with E-state index in [1.165, 1.54) is 0 Å². The summed E-state index contributed by atoms with van der Waals surface area (Å²) in [6, 6.07) is 0. The Bertz CT molecular complexity index is 138. The van der Waals surface area contributed by atoms with Gasteiger partial charge in [-0.15, -0.1) is 11.6 Å². The minimum Gasteiger partial charge on any atom is -0.251 e. The van der Waals surface area contributed by atoms with Crippen molar-refractivity contribution in [3.63, 3.8) is 0 Å². The molecule has 0 radical (unpaired) electrons. The molecule has 10 heavy (non-hydrogen) atoms. The summed E-state index contributed by atoms with van der Waals surface area (Å²) in [7, 11) is 0. The Morgan fingerprint density at radius 2 is 2.60 bits per heavy atom. The van der Waals surface area contributed by atoms with E-state index in [0.717, 1.165) is 18.7 Å². The summed E-state index contributed by atoms with van der Waals surface area (Å²) >= 11 is 5.50. The van der Waals surface area contributed by atoms with Crippen molar-refractivity contribution in [3.05, 3.63) is 0 Å². The number of halogens is 1. The molecule has 3 nitrogen and oxygen atoms in total. The van der Waals surface area contributed by atoms with Gasteiger partial charge in [-0.25, -0.2) is 9.83 Å². The summed E-state index contributed by atoms with van der Waals surface area (Å²) in [5.74, 6) is 1.33. The maximum atomic E-state index is 5.50. The van der Waals surface area contributed by atoms with Gasteiger partial charge in [0.2, 0.25) is 0 Å². The lowest BCUT2D eigenvalue weighted by atomic mass is 10.3. The second-order valence-corrected chi connectivity index (χ2v) is 2.46. The van der Waals surface area contributed by atoms with Crippen LogP contribution in [0.1, 0.15) is 19.8 Å². The van der Waals surface area contributed by atoms with Crippen LogP contribution in [0.25, 0.3) is 0 Å². The first-order chi connectivity index (χ1) is 4.86. The number of amidine groups is 1. The van der Waals surface area contributed by atoms with Gasteiger partial charge >= 0.3 is 0 Å². The summed E-state index contributed by atoms with van der Waals surface area (Å²) in [6.45, 7) is 2.10. The third kappa shape index (κ3) is 1.85. The third-order valence-electron chi connectivity index (χ3n) is 1.23. The molecule has 0 fully saturated rings. The molecular weight excluding hydrogens is 152 g/mol. The van der Waals surface area contributed by atoms with E-state index < -0.39 is 0 Å². The van der Waals surface area contributed by atoms with E-state index in [2.05, 4.69) is 17.4 Å². The van der Waals surface area contributed by atoms with Crippen LogP contribution in [0, 0.1) is 0 Å². The minimum atomic E-state index is -0.178. The van der Waals surface area contributed by atoms with E-state index in [0.29, 0.717) is 5.88 Å². The van der Waals surface area contributed by atoms with Crippen molar-refractivity contribution >= 4 is 17.4 Å². The number of alkyl halides is 1. The normalized spacial score (nSPS) is 24.2. The second-order valence-electron chi connectivity index (χ2n) is 2.15.